The molecule has 1 N–H and O–H groups in total. The highest BCUT2D eigenvalue weighted by Gasteiger charge is 2.24. The topological polar surface area (TPSA) is 20.2 Å². The van der Waals surface area contributed by atoms with Gasteiger partial charge in [-0.3, -0.25) is 0 Å². The summed E-state index contributed by atoms with van der Waals surface area (Å²) in [7, 11) is 0. The second-order valence-electron chi connectivity index (χ2n) is 4.95. The van der Waals surface area contributed by atoms with Crippen molar-refractivity contribution >= 4 is 23.1 Å². The summed E-state index contributed by atoms with van der Waals surface area (Å²) in [5.41, 5.74) is 1.49. The highest BCUT2D eigenvalue weighted by atomic mass is 32.2. The van der Waals surface area contributed by atoms with Gasteiger partial charge in [-0.15, -0.1) is 11.3 Å². The molecule has 1 aromatic rings. The molecule has 0 radical (unpaired) electrons. The van der Waals surface area contributed by atoms with Crippen LogP contribution in [0.2, 0.25) is 0 Å². The van der Waals surface area contributed by atoms with Crippen LogP contribution >= 0.6 is 23.1 Å². The highest BCUT2D eigenvalue weighted by Crippen LogP contribution is 2.39. The maximum atomic E-state index is 10.2. The van der Waals surface area contributed by atoms with E-state index in [1.54, 1.807) is 0 Å². The van der Waals surface area contributed by atoms with E-state index in [9.17, 15) is 5.11 Å². The number of aryl methyl sites for hydroxylation is 1. The summed E-state index contributed by atoms with van der Waals surface area (Å²) in [6, 6.07) is 2.26. The lowest BCUT2D eigenvalue weighted by Crippen LogP contribution is -2.14. The van der Waals surface area contributed by atoms with Crippen molar-refractivity contribution in [3.05, 3.63) is 21.4 Å². The number of aliphatic hydroxyl groups excluding tert-OH is 1. The third-order valence-corrected chi connectivity index (χ3v) is 6.10. The van der Waals surface area contributed by atoms with Gasteiger partial charge in [0.1, 0.15) is 0 Å². The summed E-state index contributed by atoms with van der Waals surface area (Å²) >= 11 is 3.87. The Morgan fingerprint density at radius 1 is 1.44 bits per heavy atom. The van der Waals surface area contributed by atoms with Crippen molar-refractivity contribution in [3.8, 4) is 0 Å². The van der Waals surface area contributed by atoms with E-state index in [4.69, 9.17) is 0 Å². The number of rotatable bonds is 3. The maximum Gasteiger partial charge on any atom is 0.0884 e. The molecule has 1 aliphatic heterocycles. The van der Waals surface area contributed by atoms with Crippen molar-refractivity contribution in [1.29, 1.82) is 0 Å². The van der Waals surface area contributed by atoms with Crippen LogP contribution in [0.4, 0.5) is 0 Å². The van der Waals surface area contributed by atoms with Gasteiger partial charge in [-0.1, -0.05) is 19.3 Å². The van der Waals surface area contributed by atoms with Crippen LogP contribution in [0.1, 0.15) is 47.1 Å². The molecule has 3 rings (SSSR count). The van der Waals surface area contributed by atoms with E-state index in [2.05, 4.69) is 6.07 Å². The van der Waals surface area contributed by atoms with Gasteiger partial charge in [0, 0.05) is 15.5 Å². The quantitative estimate of drug-likeness (QED) is 0.886. The Kier molecular flexibility index (Phi) is 3.27. The van der Waals surface area contributed by atoms with Crippen LogP contribution < -0.4 is 0 Å². The normalized spacial score (nSPS) is 22.6. The van der Waals surface area contributed by atoms with Gasteiger partial charge in [0.2, 0.25) is 0 Å². The van der Waals surface area contributed by atoms with Crippen molar-refractivity contribution in [1.82, 2.24) is 0 Å². The Morgan fingerprint density at radius 2 is 2.31 bits per heavy atom. The summed E-state index contributed by atoms with van der Waals surface area (Å²) in [4.78, 5) is 2.75. The Morgan fingerprint density at radius 3 is 3.00 bits per heavy atom. The zero-order valence-corrected chi connectivity index (χ0v) is 11.1. The zero-order valence-electron chi connectivity index (χ0n) is 9.45. The summed E-state index contributed by atoms with van der Waals surface area (Å²) in [6.45, 7) is 0. The minimum atomic E-state index is -0.189. The number of thiophene rings is 1. The molecular weight excluding hydrogens is 236 g/mol. The number of thioether (sulfide) groups is 1. The Labute approximate surface area is 105 Å². The third kappa shape index (κ3) is 2.18. The smallest absolute Gasteiger partial charge is 0.0884 e. The summed E-state index contributed by atoms with van der Waals surface area (Å²) in [5, 5.41) is 10.2. The van der Waals surface area contributed by atoms with Gasteiger partial charge >= 0.3 is 0 Å². The van der Waals surface area contributed by atoms with Crippen LogP contribution in [0.3, 0.4) is 0 Å². The van der Waals surface area contributed by atoms with Crippen LogP contribution in [0.5, 0.6) is 0 Å². The number of aliphatic hydroxyl groups is 1. The van der Waals surface area contributed by atoms with Crippen LogP contribution in [0, 0.1) is 5.92 Å². The van der Waals surface area contributed by atoms with Crippen molar-refractivity contribution in [2.24, 2.45) is 5.92 Å². The van der Waals surface area contributed by atoms with E-state index in [0.29, 0.717) is 0 Å². The second kappa shape index (κ2) is 4.71. The predicted molar refractivity (Wildman–Crippen MR) is 71.1 cm³/mol. The third-order valence-electron chi connectivity index (χ3n) is 3.76. The molecule has 2 heterocycles. The maximum absolute atomic E-state index is 10.2. The lowest BCUT2D eigenvalue weighted by molar-refractivity contribution is 0.121. The molecule has 0 aromatic carbocycles. The van der Waals surface area contributed by atoms with Crippen molar-refractivity contribution in [2.45, 2.75) is 44.0 Å². The van der Waals surface area contributed by atoms with Gasteiger partial charge in [-0.2, -0.15) is 11.8 Å². The van der Waals surface area contributed by atoms with Crippen LogP contribution in [-0.4, -0.2) is 10.9 Å². The van der Waals surface area contributed by atoms with Gasteiger partial charge < -0.3 is 5.11 Å². The lowest BCUT2D eigenvalue weighted by atomic mass is 9.81. The van der Waals surface area contributed by atoms with E-state index in [-0.39, 0.29) is 6.10 Å². The predicted octanol–water partition coefficient (Wildman–Crippen LogP) is 3.76. The molecule has 0 saturated heterocycles. The molecule has 0 amide bonds. The van der Waals surface area contributed by atoms with Crippen molar-refractivity contribution in [2.75, 3.05) is 5.75 Å². The van der Waals surface area contributed by atoms with Crippen molar-refractivity contribution < 1.29 is 5.11 Å². The molecule has 1 atom stereocenters. The monoisotopic (exact) mass is 254 g/mol. The molecule has 16 heavy (non-hydrogen) atoms. The number of fused-ring (bicyclic) bond motifs is 1. The van der Waals surface area contributed by atoms with Gasteiger partial charge in [0.25, 0.3) is 0 Å². The largest absolute Gasteiger partial charge is 0.388 e. The lowest BCUT2D eigenvalue weighted by Gasteiger charge is -2.27. The van der Waals surface area contributed by atoms with Crippen molar-refractivity contribution in [3.63, 3.8) is 0 Å². The second-order valence-corrected chi connectivity index (χ2v) is 7.22. The minimum Gasteiger partial charge on any atom is -0.388 e. The summed E-state index contributed by atoms with van der Waals surface area (Å²) in [5.74, 6) is 3.21. The molecule has 1 fully saturated rings. The van der Waals surface area contributed by atoms with E-state index in [0.717, 1.165) is 18.1 Å². The molecule has 1 nitrogen and oxygen atoms in total. The van der Waals surface area contributed by atoms with E-state index in [1.165, 1.54) is 46.8 Å². The SMILES string of the molecule is OC(CC1CCC1)c1cc2c(s1)CCSC2. The number of hydrogen-bond acceptors (Lipinski definition) is 3. The van der Waals surface area contributed by atoms with Crippen LogP contribution in [-0.2, 0) is 12.2 Å². The van der Waals surface area contributed by atoms with E-state index >= 15 is 0 Å². The first kappa shape index (κ1) is 11.1. The molecule has 88 valence electrons. The van der Waals surface area contributed by atoms with Crippen LogP contribution in [0.25, 0.3) is 0 Å². The van der Waals surface area contributed by atoms with E-state index in [1.807, 2.05) is 23.1 Å². The Balaban J connectivity index is 1.70. The Bertz CT molecular complexity index is 345. The fourth-order valence-electron chi connectivity index (χ4n) is 2.49. The first-order valence-corrected chi connectivity index (χ1v) is 8.17. The molecule has 1 unspecified atom stereocenters. The van der Waals surface area contributed by atoms with Gasteiger partial charge in [-0.05, 0) is 36.1 Å². The molecule has 3 heteroatoms. The first-order valence-electron chi connectivity index (χ1n) is 6.20. The zero-order chi connectivity index (χ0) is 11.0. The fraction of sp³-hybridized carbons (Fsp3) is 0.692. The summed E-state index contributed by atoms with van der Waals surface area (Å²) < 4.78 is 0. The van der Waals surface area contributed by atoms with Gasteiger partial charge in [-0.25, -0.2) is 0 Å². The first-order chi connectivity index (χ1) is 7.83. The van der Waals surface area contributed by atoms with Gasteiger partial charge in [0.15, 0.2) is 0 Å². The molecule has 0 spiro atoms. The molecule has 2 aliphatic rings. The molecule has 1 saturated carbocycles. The highest BCUT2D eigenvalue weighted by molar-refractivity contribution is 7.98. The average molecular weight is 254 g/mol. The number of hydrogen-bond donors (Lipinski definition) is 1. The van der Waals surface area contributed by atoms with Crippen LogP contribution in [0.15, 0.2) is 6.07 Å². The average Bonchev–Trinajstić information content (AvgIpc) is 2.66. The molecule has 0 bridgehead atoms. The molecule has 1 aromatic heterocycles. The fourth-order valence-corrected chi connectivity index (χ4v) is 4.87. The van der Waals surface area contributed by atoms with Gasteiger partial charge in [0.05, 0.1) is 6.10 Å². The molecular formula is C13H18OS2. The molecule has 1 aliphatic carbocycles. The Hall–Kier alpha value is 0.01000. The van der Waals surface area contributed by atoms with E-state index < -0.39 is 0 Å². The summed E-state index contributed by atoms with van der Waals surface area (Å²) in [6.07, 6.45) is 6.05. The standard InChI is InChI=1S/C13H18OS2/c14-11(6-9-2-1-3-9)13-7-10-8-15-5-4-12(10)16-13/h7,9,11,14H,1-6,8H2. The minimum absolute atomic E-state index is 0.189.